The van der Waals surface area contributed by atoms with Crippen molar-refractivity contribution in [3.05, 3.63) is 35.9 Å². The number of rotatable bonds is 7. The zero-order valence-electron chi connectivity index (χ0n) is 11.2. The smallest absolute Gasteiger partial charge is 0.232 e. The normalized spacial score (nSPS) is 12.2. The summed E-state index contributed by atoms with van der Waals surface area (Å²) in [7, 11) is -1.43. The van der Waals surface area contributed by atoms with Crippen molar-refractivity contribution in [3.63, 3.8) is 0 Å². The fourth-order valence-electron chi connectivity index (χ4n) is 1.62. The first-order chi connectivity index (χ1) is 8.97. The van der Waals surface area contributed by atoms with Crippen LogP contribution in [0.4, 0.5) is 0 Å². The molecule has 1 aromatic carbocycles. The Morgan fingerprint density at radius 3 is 2.37 bits per heavy atom. The molecule has 1 amide bonds. The molecule has 0 spiro atoms. The number of Topliss-reactive ketones (excluding diaryl/α,β-unsaturated/α-hetero) is 1. The third kappa shape index (κ3) is 6.86. The Morgan fingerprint density at radius 1 is 1.16 bits per heavy atom. The molecule has 19 heavy (non-hydrogen) atoms. The SMILES string of the molecule is CC(C)NC(=O)CS(=O)CC(=O)Cc1ccccc1. The van der Waals surface area contributed by atoms with Crippen molar-refractivity contribution in [2.75, 3.05) is 11.5 Å². The maximum absolute atomic E-state index is 11.7. The first kappa shape index (κ1) is 15.6. The van der Waals surface area contributed by atoms with Crippen LogP contribution in [0.25, 0.3) is 0 Å². The lowest BCUT2D eigenvalue weighted by Crippen LogP contribution is -2.34. The maximum Gasteiger partial charge on any atom is 0.232 e. The van der Waals surface area contributed by atoms with Crippen LogP contribution in [0.1, 0.15) is 19.4 Å². The van der Waals surface area contributed by atoms with E-state index in [1.807, 2.05) is 44.2 Å². The monoisotopic (exact) mass is 281 g/mol. The summed E-state index contributed by atoms with van der Waals surface area (Å²) in [6.45, 7) is 3.67. The van der Waals surface area contributed by atoms with Gasteiger partial charge >= 0.3 is 0 Å². The van der Waals surface area contributed by atoms with Gasteiger partial charge in [-0.15, -0.1) is 0 Å². The second kappa shape index (κ2) is 7.84. The highest BCUT2D eigenvalue weighted by atomic mass is 32.2. The van der Waals surface area contributed by atoms with Gasteiger partial charge < -0.3 is 5.32 Å². The molecule has 0 heterocycles. The van der Waals surface area contributed by atoms with Crippen molar-refractivity contribution in [1.29, 1.82) is 0 Å². The lowest BCUT2D eigenvalue weighted by molar-refractivity contribution is -0.119. The van der Waals surface area contributed by atoms with Crippen molar-refractivity contribution in [1.82, 2.24) is 5.32 Å². The van der Waals surface area contributed by atoms with Crippen molar-refractivity contribution in [3.8, 4) is 0 Å². The number of carbonyl (C=O) groups is 2. The average Bonchev–Trinajstić information content (AvgIpc) is 2.28. The minimum atomic E-state index is -1.43. The largest absolute Gasteiger partial charge is 0.353 e. The molecule has 1 atom stereocenters. The molecule has 0 bridgehead atoms. The predicted octanol–water partition coefficient (Wildman–Crippen LogP) is 1.07. The molecule has 1 rings (SSSR count). The van der Waals surface area contributed by atoms with E-state index < -0.39 is 10.8 Å². The van der Waals surface area contributed by atoms with Gasteiger partial charge in [-0.25, -0.2) is 0 Å². The van der Waals surface area contributed by atoms with Gasteiger partial charge in [-0.2, -0.15) is 0 Å². The summed E-state index contributed by atoms with van der Waals surface area (Å²) in [5, 5.41) is 2.65. The molecule has 0 radical (unpaired) electrons. The van der Waals surface area contributed by atoms with Gasteiger partial charge in [0.05, 0.1) is 5.75 Å². The Balaban J connectivity index is 2.36. The summed E-state index contributed by atoms with van der Waals surface area (Å²) in [5.74, 6) is -0.568. The summed E-state index contributed by atoms with van der Waals surface area (Å²) < 4.78 is 11.7. The number of ketones is 1. The molecule has 1 aromatic rings. The van der Waals surface area contributed by atoms with Crippen LogP contribution < -0.4 is 5.32 Å². The second-order valence-electron chi connectivity index (χ2n) is 4.65. The van der Waals surface area contributed by atoms with E-state index in [2.05, 4.69) is 5.32 Å². The van der Waals surface area contributed by atoms with Crippen LogP contribution in [0.3, 0.4) is 0 Å². The molecular weight excluding hydrogens is 262 g/mol. The van der Waals surface area contributed by atoms with Crippen LogP contribution in [0.5, 0.6) is 0 Å². The fourth-order valence-corrected chi connectivity index (χ4v) is 2.55. The molecule has 4 nitrogen and oxygen atoms in total. The molecule has 0 saturated carbocycles. The van der Waals surface area contributed by atoms with Gasteiger partial charge in [0.15, 0.2) is 0 Å². The summed E-state index contributed by atoms with van der Waals surface area (Å²) in [5.41, 5.74) is 0.899. The van der Waals surface area contributed by atoms with Gasteiger partial charge in [0, 0.05) is 23.3 Å². The van der Waals surface area contributed by atoms with Crippen molar-refractivity contribution in [2.45, 2.75) is 26.3 Å². The highest BCUT2D eigenvalue weighted by Gasteiger charge is 2.13. The van der Waals surface area contributed by atoms with Gasteiger partial charge in [0.2, 0.25) is 5.91 Å². The summed E-state index contributed by atoms with van der Waals surface area (Å²) in [4.78, 5) is 23.1. The number of benzene rings is 1. The predicted molar refractivity (Wildman–Crippen MR) is 76.3 cm³/mol. The third-order valence-corrected chi connectivity index (χ3v) is 3.54. The summed E-state index contributed by atoms with van der Waals surface area (Å²) in [6.07, 6.45) is 0.262. The maximum atomic E-state index is 11.7. The zero-order chi connectivity index (χ0) is 14.3. The van der Waals surface area contributed by atoms with E-state index in [1.54, 1.807) is 0 Å². The van der Waals surface area contributed by atoms with E-state index in [1.165, 1.54) is 0 Å². The minimum Gasteiger partial charge on any atom is -0.353 e. The van der Waals surface area contributed by atoms with Gasteiger partial charge in [0.1, 0.15) is 11.5 Å². The molecule has 0 aliphatic carbocycles. The van der Waals surface area contributed by atoms with E-state index in [9.17, 15) is 13.8 Å². The fraction of sp³-hybridized carbons (Fsp3) is 0.429. The van der Waals surface area contributed by atoms with E-state index in [-0.39, 0.29) is 35.7 Å². The Bertz CT molecular complexity index is 457. The summed E-state index contributed by atoms with van der Waals surface area (Å²) >= 11 is 0. The van der Waals surface area contributed by atoms with Gasteiger partial charge in [-0.05, 0) is 19.4 Å². The third-order valence-electron chi connectivity index (χ3n) is 2.31. The molecule has 0 aliphatic rings. The molecule has 0 fully saturated rings. The first-order valence-electron chi connectivity index (χ1n) is 6.17. The van der Waals surface area contributed by atoms with Gasteiger partial charge in [-0.3, -0.25) is 13.8 Å². The Labute approximate surface area is 116 Å². The first-order valence-corrected chi connectivity index (χ1v) is 7.66. The van der Waals surface area contributed by atoms with Crippen molar-refractivity contribution < 1.29 is 13.8 Å². The molecule has 1 unspecified atom stereocenters. The Kier molecular flexibility index (Phi) is 6.42. The standard InChI is InChI=1S/C14H19NO3S/c1-11(2)15-14(17)10-19(18)9-13(16)8-12-6-4-3-5-7-12/h3-7,11H,8-10H2,1-2H3,(H,15,17). The molecule has 5 heteroatoms. The van der Waals surface area contributed by atoms with Crippen molar-refractivity contribution >= 4 is 22.5 Å². The van der Waals surface area contributed by atoms with Crippen LogP contribution in [0.15, 0.2) is 30.3 Å². The highest BCUT2D eigenvalue weighted by molar-refractivity contribution is 7.86. The number of hydrogen-bond acceptors (Lipinski definition) is 3. The average molecular weight is 281 g/mol. The van der Waals surface area contributed by atoms with E-state index in [0.717, 1.165) is 5.56 Å². The minimum absolute atomic E-state index is 0.0181. The molecule has 1 N–H and O–H groups in total. The number of amides is 1. The summed E-state index contributed by atoms with van der Waals surface area (Å²) in [6, 6.07) is 9.32. The van der Waals surface area contributed by atoms with E-state index in [0.29, 0.717) is 0 Å². The quantitative estimate of drug-likeness (QED) is 0.813. The van der Waals surface area contributed by atoms with E-state index in [4.69, 9.17) is 0 Å². The molecule has 0 aliphatic heterocycles. The molecule has 104 valence electrons. The Morgan fingerprint density at radius 2 is 1.79 bits per heavy atom. The number of nitrogens with one attached hydrogen (secondary N) is 1. The van der Waals surface area contributed by atoms with Crippen LogP contribution in [0, 0.1) is 0 Å². The number of carbonyl (C=O) groups excluding carboxylic acids is 2. The lowest BCUT2D eigenvalue weighted by Gasteiger charge is -2.07. The molecule has 0 aromatic heterocycles. The lowest BCUT2D eigenvalue weighted by atomic mass is 10.1. The van der Waals surface area contributed by atoms with Gasteiger partial charge in [0.25, 0.3) is 0 Å². The second-order valence-corrected chi connectivity index (χ2v) is 6.11. The van der Waals surface area contributed by atoms with Gasteiger partial charge in [-0.1, -0.05) is 30.3 Å². The van der Waals surface area contributed by atoms with E-state index >= 15 is 0 Å². The highest BCUT2D eigenvalue weighted by Crippen LogP contribution is 2.01. The molecular formula is C14H19NO3S. The van der Waals surface area contributed by atoms with Crippen molar-refractivity contribution in [2.24, 2.45) is 0 Å². The molecule has 0 saturated heterocycles. The van der Waals surface area contributed by atoms with Crippen LogP contribution >= 0.6 is 0 Å². The van der Waals surface area contributed by atoms with Crippen LogP contribution in [-0.2, 0) is 26.8 Å². The zero-order valence-corrected chi connectivity index (χ0v) is 12.0. The van der Waals surface area contributed by atoms with Crippen LogP contribution in [0.2, 0.25) is 0 Å². The van der Waals surface area contributed by atoms with Crippen LogP contribution in [-0.4, -0.2) is 33.4 Å². The topological polar surface area (TPSA) is 63.2 Å². The Hall–Kier alpha value is -1.49. The number of hydrogen-bond donors (Lipinski definition) is 1.